The molecule has 20 heavy (non-hydrogen) atoms. The van der Waals surface area contributed by atoms with Crippen molar-refractivity contribution in [2.24, 2.45) is 0 Å². The number of ether oxygens (including phenoxy) is 1. The first-order chi connectivity index (χ1) is 9.65. The summed E-state index contributed by atoms with van der Waals surface area (Å²) in [5.74, 6) is 0.829. The number of aliphatic hydroxyl groups excluding tert-OH is 1. The van der Waals surface area contributed by atoms with Gasteiger partial charge >= 0.3 is 0 Å². The van der Waals surface area contributed by atoms with E-state index in [2.05, 4.69) is 18.9 Å². The summed E-state index contributed by atoms with van der Waals surface area (Å²) in [5, 5.41) is 10.1. The lowest BCUT2D eigenvalue weighted by molar-refractivity contribution is 0.0561. The van der Waals surface area contributed by atoms with Crippen LogP contribution in [0.3, 0.4) is 0 Å². The molecule has 0 saturated heterocycles. The van der Waals surface area contributed by atoms with E-state index in [1.54, 1.807) is 0 Å². The van der Waals surface area contributed by atoms with E-state index in [0.29, 0.717) is 19.2 Å². The van der Waals surface area contributed by atoms with Gasteiger partial charge in [0.25, 0.3) is 0 Å². The molecule has 1 N–H and O–H groups in total. The fourth-order valence-electron chi connectivity index (χ4n) is 2.88. The van der Waals surface area contributed by atoms with Gasteiger partial charge in [0.2, 0.25) is 0 Å². The molecule has 0 spiro atoms. The summed E-state index contributed by atoms with van der Waals surface area (Å²) in [6.45, 7) is 3.11. The zero-order chi connectivity index (χ0) is 14.4. The van der Waals surface area contributed by atoms with Gasteiger partial charge in [0, 0.05) is 12.6 Å². The molecule has 0 radical (unpaired) electrons. The quantitative estimate of drug-likeness (QED) is 0.867. The Balaban J connectivity index is 1.71. The van der Waals surface area contributed by atoms with Crippen molar-refractivity contribution in [3.63, 3.8) is 0 Å². The Labute approximate surface area is 122 Å². The molecule has 1 aromatic rings. The van der Waals surface area contributed by atoms with Crippen LogP contribution in [0.4, 0.5) is 0 Å². The molecule has 3 heteroatoms. The minimum absolute atomic E-state index is 0.361. The molecule has 112 valence electrons. The zero-order valence-corrected chi connectivity index (χ0v) is 12.7. The third kappa shape index (κ3) is 4.80. The standard InChI is InChI=1S/C17H27NO2/c1-14-8-10-17(11-9-14)20-13-16(19)12-18(2)15-6-4-3-5-7-15/h8-11,15-16,19H,3-7,12-13H2,1-2H3. The van der Waals surface area contributed by atoms with Gasteiger partial charge in [-0.05, 0) is 38.9 Å². The molecule has 1 saturated carbocycles. The molecule has 0 aliphatic heterocycles. The Morgan fingerprint density at radius 2 is 1.85 bits per heavy atom. The summed E-state index contributed by atoms with van der Waals surface area (Å²) < 4.78 is 5.63. The summed E-state index contributed by atoms with van der Waals surface area (Å²) >= 11 is 0. The SMILES string of the molecule is Cc1ccc(OCC(O)CN(C)C2CCCCC2)cc1. The second-order valence-electron chi connectivity index (χ2n) is 6.01. The highest BCUT2D eigenvalue weighted by Gasteiger charge is 2.20. The second-order valence-corrected chi connectivity index (χ2v) is 6.01. The van der Waals surface area contributed by atoms with E-state index in [1.165, 1.54) is 37.7 Å². The molecular formula is C17H27NO2. The smallest absolute Gasteiger partial charge is 0.119 e. The van der Waals surface area contributed by atoms with Crippen LogP contribution in [-0.2, 0) is 0 Å². The summed E-state index contributed by atoms with van der Waals surface area (Å²) in [6, 6.07) is 8.59. The highest BCUT2D eigenvalue weighted by Crippen LogP contribution is 2.21. The zero-order valence-electron chi connectivity index (χ0n) is 12.7. The third-order valence-corrected chi connectivity index (χ3v) is 4.16. The molecule has 0 amide bonds. The van der Waals surface area contributed by atoms with E-state index in [1.807, 2.05) is 24.3 Å². The number of likely N-dealkylation sites (N-methyl/N-ethyl adjacent to an activating group) is 1. The Bertz CT molecular complexity index is 384. The maximum atomic E-state index is 10.1. The average molecular weight is 277 g/mol. The lowest BCUT2D eigenvalue weighted by Crippen LogP contribution is -2.40. The van der Waals surface area contributed by atoms with Gasteiger partial charge in [-0.2, -0.15) is 0 Å². The van der Waals surface area contributed by atoms with Crippen molar-refractivity contribution in [2.45, 2.75) is 51.2 Å². The van der Waals surface area contributed by atoms with E-state index >= 15 is 0 Å². The molecule has 0 aromatic heterocycles. The molecule has 1 aliphatic rings. The van der Waals surface area contributed by atoms with E-state index in [4.69, 9.17) is 4.74 Å². The number of nitrogens with zero attached hydrogens (tertiary/aromatic N) is 1. The third-order valence-electron chi connectivity index (χ3n) is 4.16. The number of benzene rings is 1. The Hall–Kier alpha value is -1.06. The van der Waals surface area contributed by atoms with Crippen molar-refractivity contribution < 1.29 is 9.84 Å². The maximum Gasteiger partial charge on any atom is 0.119 e. The van der Waals surface area contributed by atoms with Gasteiger partial charge < -0.3 is 14.7 Å². The lowest BCUT2D eigenvalue weighted by Gasteiger charge is -2.32. The molecule has 1 aromatic carbocycles. The number of rotatable bonds is 6. The van der Waals surface area contributed by atoms with Gasteiger partial charge in [0.05, 0.1) is 0 Å². The monoisotopic (exact) mass is 277 g/mol. The fraction of sp³-hybridized carbons (Fsp3) is 0.647. The number of hydrogen-bond donors (Lipinski definition) is 1. The topological polar surface area (TPSA) is 32.7 Å². The first kappa shape index (κ1) is 15.3. The van der Waals surface area contributed by atoms with Gasteiger partial charge in [0.1, 0.15) is 18.5 Å². The predicted octanol–water partition coefficient (Wildman–Crippen LogP) is 3.00. The predicted molar refractivity (Wildman–Crippen MR) is 82.2 cm³/mol. The molecule has 1 unspecified atom stereocenters. The van der Waals surface area contributed by atoms with Crippen LogP contribution in [-0.4, -0.2) is 42.4 Å². The van der Waals surface area contributed by atoms with Crippen molar-refractivity contribution in [3.05, 3.63) is 29.8 Å². The van der Waals surface area contributed by atoms with Crippen LogP contribution >= 0.6 is 0 Å². The second kappa shape index (κ2) is 7.65. The molecule has 1 fully saturated rings. The Morgan fingerprint density at radius 3 is 2.50 bits per heavy atom. The van der Waals surface area contributed by atoms with Crippen LogP contribution in [0.5, 0.6) is 5.75 Å². The van der Waals surface area contributed by atoms with Crippen LogP contribution in [0.1, 0.15) is 37.7 Å². The summed E-state index contributed by atoms with van der Waals surface area (Å²) in [5.41, 5.74) is 1.22. The minimum Gasteiger partial charge on any atom is -0.491 e. The number of aliphatic hydroxyl groups is 1. The van der Waals surface area contributed by atoms with E-state index in [-0.39, 0.29) is 0 Å². The van der Waals surface area contributed by atoms with Crippen LogP contribution in [0.2, 0.25) is 0 Å². The minimum atomic E-state index is -0.428. The van der Waals surface area contributed by atoms with Crippen molar-refractivity contribution >= 4 is 0 Å². The molecule has 0 bridgehead atoms. The van der Waals surface area contributed by atoms with E-state index in [9.17, 15) is 5.11 Å². The van der Waals surface area contributed by atoms with Crippen LogP contribution in [0, 0.1) is 6.92 Å². The van der Waals surface area contributed by atoms with Gasteiger partial charge in [-0.3, -0.25) is 0 Å². The lowest BCUT2D eigenvalue weighted by atomic mass is 9.94. The van der Waals surface area contributed by atoms with Gasteiger partial charge in [-0.1, -0.05) is 37.0 Å². The first-order valence-electron chi connectivity index (χ1n) is 7.73. The summed E-state index contributed by atoms with van der Waals surface area (Å²) in [6.07, 6.45) is 6.12. The molecule has 1 atom stereocenters. The van der Waals surface area contributed by atoms with Gasteiger partial charge in [-0.15, -0.1) is 0 Å². The molecule has 0 heterocycles. The van der Waals surface area contributed by atoms with Crippen molar-refractivity contribution in [1.29, 1.82) is 0 Å². The van der Waals surface area contributed by atoms with Gasteiger partial charge in [-0.25, -0.2) is 0 Å². The van der Waals surface area contributed by atoms with Crippen LogP contribution in [0.25, 0.3) is 0 Å². The summed E-state index contributed by atoms with van der Waals surface area (Å²) in [7, 11) is 2.12. The molecular weight excluding hydrogens is 250 g/mol. The molecule has 1 aliphatic carbocycles. The highest BCUT2D eigenvalue weighted by atomic mass is 16.5. The molecule has 2 rings (SSSR count). The number of aryl methyl sites for hydroxylation is 1. The van der Waals surface area contributed by atoms with E-state index in [0.717, 1.165) is 5.75 Å². The number of hydrogen-bond acceptors (Lipinski definition) is 3. The van der Waals surface area contributed by atoms with Gasteiger partial charge in [0.15, 0.2) is 0 Å². The van der Waals surface area contributed by atoms with Crippen LogP contribution in [0.15, 0.2) is 24.3 Å². The summed E-state index contributed by atoms with van der Waals surface area (Å²) in [4.78, 5) is 2.29. The van der Waals surface area contributed by atoms with Crippen LogP contribution < -0.4 is 4.74 Å². The normalized spacial score (nSPS) is 18.2. The maximum absolute atomic E-state index is 10.1. The van der Waals surface area contributed by atoms with Crippen molar-refractivity contribution in [3.8, 4) is 5.75 Å². The average Bonchev–Trinajstić information content (AvgIpc) is 2.47. The molecule has 3 nitrogen and oxygen atoms in total. The fourth-order valence-corrected chi connectivity index (χ4v) is 2.88. The Morgan fingerprint density at radius 1 is 1.20 bits per heavy atom. The first-order valence-corrected chi connectivity index (χ1v) is 7.73. The van der Waals surface area contributed by atoms with Crippen molar-refractivity contribution in [2.75, 3.05) is 20.2 Å². The largest absolute Gasteiger partial charge is 0.491 e. The highest BCUT2D eigenvalue weighted by molar-refractivity contribution is 5.26. The van der Waals surface area contributed by atoms with Crippen molar-refractivity contribution in [1.82, 2.24) is 4.90 Å². The van der Waals surface area contributed by atoms with E-state index < -0.39 is 6.10 Å². The Kier molecular flexibility index (Phi) is 5.86.